The van der Waals surface area contributed by atoms with Crippen molar-refractivity contribution < 1.29 is 4.79 Å². The lowest BCUT2D eigenvalue weighted by atomic mass is 9.98. The quantitative estimate of drug-likeness (QED) is 0.811. The van der Waals surface area contributed by atoms with E-state index in [-0.39, 0.29) is 5.91 Å². The van der Waals surface area contributed by atoms with Gasteiger partial charge in [-0.05, 0) is 38.3 Å². The Morgan fingerprint density at radius 2 is 2.12 bits per heavy atom. The summed E-state index contributed by atoms with van der Waals surface area (Å²) >= 11 is 0. The average Bonchev–Trinajstić information content (AvgIpc) is 3.10. The Balaban J connectivity index is 1.48. The van der Waals surface area contributed by atoms with Crippen molar-refractivity contribution in [1.82, 2.24) is 19.4 Å². The molecule has 0 radical (unpaired) electrons. The highest BCUT2D eigenvalue weighted by Crippen LogP contribution is 2.18. The number of likely N-dealkylation sites (tertiary alicyclic amines) is 1. The summed E-state index contributed by atoms with van der Waals surface area (Å²) in [5, 5.41) is 0. The largest absolute Gasteiger partial charge is 0.341 e. The van der Waals surface area contributed by atoms with Gasteiger partial charge in [-0.1, -0.05) is 29.8 Å². The van der Waals surface area contributed by atoms with Gasteiger partial charge in [-0.15, -0.1) is 0 Å². The van der Waals surface area contributed by atoms with Crippen LogP contribution in [0.5, 0.6) is 0 Å². The van der Waals surface area contributed by atoms with Crippen LogP contribution in [0.3, 0.4) is 0 Å². The lowest BCUT2D eigenvalue weighted by Gasteiger charge is -2.34. The van der Waals surface area contributed by atoms with Crippen LogP contribution < -0.4 is 0 Å². The smallest absolute Gasteiger partial charge is 0.236 e. The molecular formula is C20H28N4O. The van der Waals surface area contributed by atoms with Crippen LogP contribution in [-0.4, -0.2) is 51.9 Å². The minimum Gasteiger partial charge on any atom is -0.341 e. The molecule has 134 valence electrons. The van der Waals surface area contributed by atoms with E-state index in [1.54, 1.807) is 0 Å². The zero-order chi connectivity index (χ0) is 17.6. The van der Waals surface area contributed by atoms with Crippen molar-refractivity contribution in [2.24, 2.45) is 5.92 Å². The minimum atomic E-state index is 0.241. The van der Waals surface area contributed by atoms with Gasteiger partial charge in [-0.2, -0.15) is 0 Å². The number of likely N-dealkylation sites (N-methyl/N-ethyl adjacent to an activating group) is 1. The zero-order valence-corrected chi connectivity index (χ0v) is 15.3. The van der Waals surface area contributed by atoms with Gasteiger partial charge in [-0.25, -0.2) is 4.98 Å². The maximum absolute atomic E-state index is 12.7. The number of amides is 1. The molecule has 1 unspecified atom stereocenters. The second kappa shape index (κ2) is 8.30. The molecule has 0 spiro atoms. The summed E-state index contributed by atoms with van der Waals surface area (Å²) in [5.74, 6) is 0.763. The molecule has 0 aliphatic carbocycles. The maximum Gasteiger partial charge on any atom is 0.236 e. The molecule has 1 aliphatic rings. The molecule has 1 aromatic carbocycles. The fourth-order valence-electron chi connectivity index (χ4n) is 3.53. The molecule has 5 heteroatoms. The summed E-state index contributed by atoms with van der Waals surface area (Å²) < 4.78 is 2.11. The molecule has 25 heavy (non-hydrogen) atoms. The Hall–Kier alpha value is -2.14. The van der Waals surface area contributed by atoms with E-state index >= 15 is 0 Å². The van der Waals surface area contributed by atoms with Crippen molar-refractivity contribution in [3.63, 3.8) is 0 Å². The van der Waals surface area contributed by atoms with Gasteiger partial charge in [0.05, 0.1) is 12.9 Å². The van der Waals surface area contributed by atoms with E-state index in [4.69, 9.17) is 0 Å². The highest BCUT2D eigenvalue weighted by atomic mass is 16.2. The number of hydrogen-bond acceptors (Lipinski definition) is 3. The van der Waals surface area contributed by atoms with Crippen molar-refractivity contribution in [3.05, 3.63) is 54.1 Å². The van der Waals surface area contributed by atoms with Crippen molar-refractivity contribution in [2.45, 2.75) is 32.9 Å². The number of carbonyl (C=O) groups is 1. The molecule has 5 nitrogen and oxygen atoms in total. The number of imidazole rings is 1. The Labute approximate surface area is 150 Å². The standard InChI is InChI=1S/C20H28N4O/c1-17-5-7-18(8-6-17)12-22(2)15-20(25)24-10-3-4-19(14-24)13-23-11-9-21-16-23/h5-9,11,16,19H,3-4,10,12-15H2,1-2H3. The second-order valence-corrected chi connectivity index (χ2v) is 7.27. The molecule has 2 heterocycles. The van der Waals surface area contributed by atoms with Crippen LogP contribution in [0, 0.1) is 12.8 Å². The SMILES string of the molecule is Cc1ccc(CN(C)CC(=O)N2CCCC(Cn3ccnc3)C2)cc1. The molecule has 1 fully saturated rings. The molecule has 0 saturated carbocycles. The van der Waals surface area contributed by atoms with Crippen molar-refractivity contribution >= 4 is 5.91 Å². The molecule has 1 atom stereocenters. The molecule has 0 bridgehead atoms. The number of aromatic nitrogens is 2. The Morgan fingerprint density at radius 3 is 2.84 bits per heavy atom. The predicted octanol–water partition coefficient (Wildman–Crippen LogP) is 2.56. The summed E-state index contributed by atoms with van der Waals surface area (Å²) in [6.07, 6.45) is 7.94. The zero-order valence-electron chi connectivity index (χ0n) is 15.3. The van der Waals surface area contributed by atoms with Gasteiger partial charge < -0.3 is 9.47 Å². The van der Waals surface area contributed by atoms with E-state index in [9.17, 15) is 4.79 Å². The molecule has 1 amide bonds. The van der Waals surface area contributed by atoms with Crippen LogP contribution in [0.25, 0.3) is 0 Å². The van der Waals surface area contributed by atoms with Crippen LogP contribution in [0.4, 0.5) is 0 Å². The Morgan fingerprint density at radius 1 is 1.32 bits per heavy atom. The molecular weight excluding hydrogens is 312 g/mol. The number of aryl methyl sites for hydroxylation is 1. The Bertz CT molecular complexity index is 666. The minimum absolute atomic E-state index is 0.241. The number of rotatable bonds is 6. The van der Waals surface area contributed by atoms with Crippen molar-refractivity contribution in [2.75, 3.05) is 26.7 Å². The van der Waals surface area contributed by atoms with E-state index < -0.39 is 0 Å². The monoisotopic (exact) mass is 340 g/mol. The summed E-state index contributed by atoms with van der Waals surface area (Å²) in [6.45, 7) is 6.06. The highest BCUT2D eigenvalue weighted by molar-refractivity contribution is 5.78. The molecule has 1 aliphatic heterocycles. The summed E-state index contributed by atoms with van der Waals surface area (Å²) in [5.41, 5.74) is 2.51. The third kappa shape index (κ3) is 5.16. The number of benzene rings is 1. The van der Waals surface area contributed by atoms with Gasteiger partial charge in [0.2, 0.25) is 5.91 Å². The van der Waals surface area contributed by atoms with Gasteiger partial charge in [0, 0.05) is 38.6 Å². The highest BCUT2D eigenvalue weighted by Gasteiger charge is 2.24. The first-order valence-electron chi connectivity index (χ1n) is 9.08. The van der Waals surface area contributed by atoms with Gasteiger partial charge in [0.1, 0.15) is 0 Å². The van der Waals surface area contributed by atoms with E-state index in [0.29, 0.717) is 12.5 Å². The van der Waals surface area contributed by atoms with Crippen LogP contribution in [0.1, 0.15) is 24.0 Å². The third-order valence-electron chi connectivity index (χ3n) is 4.88. The predicted molar refractivity (Wildman–Crippen MR) is 99.0 cm³/mol. The number of piperidine rings is 1. The topological polar surface area (TPSA) is 41.4 Å². The van der Waals surface area contributed by atoms with E-state index in [0.717, 1.165) is 32.6 Å². The number of nitrogens with zero attached hydrogens (tertiary/aromatic N) is 4. The first-order valence-corrected chi connectivity index (χ1v) is 9.08. The summed E-state index contributed by atoms with van der Waals surface area (Å²) in [4.78, 5) is 20.9. The van der Waals surface area contributed by atoms with Crippen LogP contribution in [0.15, 0.2) is 43.0 Å². The van der Waals surface area contributed by atoms with Gasteiger partial charge in [0.25, 0.3) is 0 Å². The first-order chi connectivity index (χ1) is 12.1. The van der Waals surface area contributed by atoms with Gasteiger partial charge in [0.15, 0.2) is 0 Å². The van der Waals surface area contributed by atoms with E-state index in [1.807, 2.05) is 30.7 Å². The number of hydrogen-bond donors (Lipinski definition) is 0. The lowest BCUT2D eigenvalue weighted by molar-refractivity contribution is -0.134. The van der Waals surface area contributed by atoms with Crippen LogP contribution in [-0.2, 0) is 17.9 Å². The number of carbonyl (C=O) groups excluding carboxylic acids is 1. The molecule has 0 N–H and O–H groups in total. The van der Waals surface area contributed by atoms with Crippen LogP contribution >= 0.6 is 0 Å². The maximum atomic E-state index is 12.7. The molecule has 1 saturated heterocycles. The Kier molecular flexibility index (Phi) is 5.87. The average molecular weight is 340 g/mol. The summed E-state index contributed by atoms with van der Waals surface area (Å²) in [6, 6.07) is 8.52. The van der Waals surface area contributed by atoms with E-state index in [1.165, 1.54) is 17.5 Å². The van der Waals surface area contributed by atoms with Crippen LogP contribution in [0.2, 0.25) is 0 Å². The molecule has 1 aromatic heterocycles. The molecule has 2 aromatic rings. The van der Waals surface area contributed by atoms with Gasteiger partial charge in [-0.3, -0.25) is 9.69 Å². The van der Waals surface area contributed by atoms with Crippen molar-refractivity contribution in [3.8, 4) is 0 Å². The van der Waals surface area contributed by atoms with E-state index in [2.05, 4.69) is 45.6 Å². The fraction of sp³-hybridized carbons (Fsp3) is 0.500. The van der Waals surface area contributed by atoms with Crippen molar-refractivity contribution in [1.29, 1.82) is 0 Å². The second-order valence-electron chi connectivity index (χ2n) is 7.27. The molecule has 3 rings (SSSR count). The third-order valence-corrected chi connectivity index (χ3v) is 4.88. The lowest BCUT2D eigenvalue weighted by Crippen LogP contribution is -2.45. The van der Waals surface area contributed by atoms with Gasteiger partial charge >= 0.3 is 0 Å². The summed E-state index contributed by atoms with van der Waals surface area (Å²) in [7, 11) is 2.02. The first kappa shape index (κ1) is 17.7. The normalized spacial score (nSPS) is 17.9. The fourth-order valence-corrected chi connectivity index (χ4v) is 3.53.